The summed E-state index contributed by atoms with van der Waals surface area (Å²) in [6.45, 7) is 11.2. The van der Waals surface area contributed by atoms with Crippen molar-refractivity contribution in [3.05, 3.63) is 29.3 Å². The largest absolute Gasteiger partial charge is 0.352 e. The summed E-state index contributed by atoms with van der Waals surface area (Å²) >= 11 is 0. The van der Waals surface area contributed by atoms with E-state index in [4.69, 9.17) is 0 Å². The molecule has 0 unspecified atom stereocenters. The van der Waals surface area contributed by atoms with E-state index < -0.39 is 10.0 Å². The standard InChI is InChI=1S/C21H35N3O3S/c1-5-24(6-2)28(26,27)19-12-11-17(3)20(16-19)21(25)22-13-9-15-23-14-8-7-10-18(23)4/h11-12,16,18H,5-10,13-15H2,1-4H3,(H,22,25)/t18-/m1/s1. The highest BCUT2D eigenvalue weighted by Crippen LogP contribution is 2.20. The maximum absolute atomic E-state index is 12.7. The van der Waals surface area contributed by atoms with Gasteiger partial charge in [0.15, 0.2) is 0 Å². The van der Waals surface area contributed by atoms with E-state index in [1.807, 2.05) is 20.8 Å². The second-order valence-electron chi connectivity index (χ2n) is 7.56. The summed E-state index contributed by atoms with van der Waals surface area (Å²) in [6.07, 6.45) is 4.70. The highest BCUT2D eigenvalue weighted by Gasteiger charge is 2.23. The van der Waals surface area contributed by atoms with Crippen LogP contribution in [0.1, 0.15) is 62.4 Å². The fourth-order valence-electron chi connectivity index (χ4n) is 3.79. The molecule has 28 heavy (non-hydrogen) atoms. The third kappa shape index (κ3) is 5.55. The number of likely N-dealkylation sites (tertiary alicyclic amines) is 1. The number of nitrogens with zero attached hydrogens (tertiary/aromatic N) is 2. The van der Waals surface area contributed by atoms with Crippen LogP contribution in [0, 0.1) is 6.92 Å². The molecule has 2 rings (SSSR count). The van der Waals surface area contributed by atoms with E-state index in [1.165, 1.54) is 29.6 Å². The van der Waals surface area contributed by atoms with Crippen molar-refractivity contribution in [3.63, 3.8) is 0 Å². The third-order valence-electron chi connectivity index (χ3n) is 5.65. The van der Waals surface area contributed by atoms with Crippen LogP contribution in [0.4, 0.5) is 0 Å². The minimum Gasteiger partial charge on any atom is -0.352 e. The van der Waals surface area contributed by atoms with Crippen molar-refractivity contribution in [1.29, 1.82) is 0 Å². The lowest BCUT2D eigenvalue weighted by Gasteiger charge is -2.33. The normalized spacial score (nSPS) is 18.4. The van der Waals surface area contributed by atoms with Crippen molar-refractivity contribution in [3.8, 4) is 0 Å². The SMILES string of the molecule is CCN(CC)S(=O)(=O)c1ccc(C)c(C(=O)NCCCN2CCCC[C@H]2C)c1. The lowest BCUT2D eigenvalue weighted by Crippen LogP contribution is -2.39. The zero-order valence-electron chi connectivity index (χ0n) is 17.7. The maximum Gasteiger partial charge on any atom is 0.251 e. The summed E-state index contributed by atoms with van der Waals surface area (Å²) in [6, 6.07) is 5.41. The first-order valence-electron chi connectivity index (χ1n) is 10.4. The van der Waals surface area contributed by atoms with Crippen molar-refractivity contribution >= 4 is 15.9 Å². The smallest absolute Gasteiger partial charge is 0.251 e. The van der Waals surface area contributed by atoms with Gasteiger partial charge in [-0.1, -0.05) is 26.3 Å². The van der Waals surface area contributed by atoms with E-state index in [1.54, 1.807) is 12.1 Å². The average Bonchev–Trinajstić information content (AvgIpc) is 2.67. The molecule has 0 aliphatic carbocycles. The summed E-state index contributed by atoms with van der Waals surface area (Å²) < 4.78 is 26.9. The van der Waals surface area contributed by atoms with Crippen LogP contribution in [-0.2, 0) is 10.0 Å². The zero-order valence-corrected chi connectivity index (χ0v) is 18.5. The number of carbonyl (C=O) groups excluding carboxylic acids is 1. The number of hydrogen-bond donors (Lipinski definition) is 1. The summed E-state index contributed by atoms with van der Waals surface area (Å²) in [4.78, 5) is 15.3. The monoisotopic (exact) mass is 409 g/mol. The molecule has 0 saturated carbocycles. The quantitative estimate of drug-likeness (QED) is 0.637. The van der Waals surface area contributed by atoms with Gasteiger partial charge in [0, 0.05) is 37.8 Å². The van der Waals surface area contributed by atoms with Crippen molar-refractivity contribution in [1.82, 2.24) is 14.5 Å². The Morgan fingerprint density at radius 1 is 1.25 bits per heavy atom. The molecule has 158 valence electrons. The summed E-state index contributed by atoms with van der Waals surface area (Å²) in [7, 11) is -3.57. The molecule has 0 aromatic heterocycles. The molecule has 1 aromatic carbocycles. The highest BCUT2D eigenvalue weighted by atomic mass is 32.2. The first kappa shape index (κ1) is 22.8. The molecule has 1 aliphatic heterocycles. The predicted molar refractivity (Wildman–Crippen MR) is 113 cm³/mol. The molecule has 1 saturated heterocycles. The van der Waals surface area contributed by atoms with E-state index in [9.17, 15) is 13.2 Å². The molecule has 0 radical (unpaired) electrons. The summed E-state index contributed by atoms with van der Waals surface area (Å²) in [5.41, 5.74) is 1.21. The van der Waals surface area contributed by atoms with E-state index in [-0.39, 0.29) is 10.8 Å². The van der Waals surface area contributed by atoms with Gasteiger partial charge in [0.1, 0.15) is 0 Å². The fourth-order valence-corrected chi connectivity index (χ4v) is 5.27. The number of piperidine rings is 1. The van der Waals surface area contributed by atoms with Gasteiger partial charge in [-0.3, -0.25) is 4.79 Å². The van der Waals surface area contributed by atoms with Crippen molar-refractivity contribution < 1.29 is 13.2 Å². The van der Waals surface area contributed by atoms with Gasteiger partial charge < -0.3 is 10.2 Å². The molecule has 7 heteroatoms. The van der Waals surface area contributed by atoms with Crippen molar-refractivity contribution in [2.75, 3.05) is 32.7 Å². The van der Waals surface area contributed by atoms with Crippen molar-refractivity contribution in [2.24, 2.45) is 0 Å². The summed E-state index contributed by atoms with van der Waals surface area (Å²) in [5, 5.41) is 2.96. The Balaban J connectivity index is 1.99. The third-order valence-corrected chi connectivity index (χ3v) is 7.69. The Morgan fingerprint density at radius 2 is 1.96 bits per heavy atom. The minimum atomic E-state index is -3.57. The molecule has 1 aromatic rings. The van der Waals surface area contributed by atoms with Crippen LogP contribution in [0.5, 0.6) is 0 Å². The van der Waals surface area contributed by atoms with E-state index in [0.29, 0.717) is 31.2 Å². The molecule has 1 N–H and O–H groups in total. The van der Waals surface area contributed by atoms with Crippen LogP contribution in [0.3, 0.4) is 0 Å². The number of carbonyl (C=O) groups is 1. The van der Waals surface area contributed by atoms with Crippen LogP contribution in [-0.4, -0.2) is 62.3 Å². The Labute approximate surface area is 170 Å². The summed E-state index contributed by atoms with van der Waals surface area (Å²) in [5.74, 6) is -0.208. The molecular weight excluding hydrogens is 374 g/mol. The average molecular weight is 410 g/mol. The zero-order chi connectivity index (χ0) is 20.7. The molecule has 1 fully saturated rings. The van der Waals surface area contributed by atoms with Crippen LogP contribution >= 0.6 is 0 Å². The van der Waals surface area contributed by atoms with Gasteiger partial charge >= 0.3 is 0 Å². The Bertz CT molecular complexity index is 760. The molecule has 1 heterocycles. The van der Waals surface area contributed by atoms with Gasteiger partial charge in [-0.15, -0.1) is 0 Å². The number of benzene rings is 1. The van der Waals surface area contributed by atoms with Gasteiger partial charge in [-0.2, -0.15) is 4.31 Å². The maximum atomic E-state index is 12.7. The lowest BCUT2D eigenvalue weighted by molar-refractivity contribution is 0.0948. The van der Waals surface area contributed by atoms with Gasteiger partial charge in [-0.05, 0) is 57.4 Å². The van der Waals surface area contributed by atoms with Crippen molar-refractivity contribution in [2.45, 2.75) is 64.3 Å². The van der Waals surface area contributed by atoms with Gasteiger partial charge in [0.25, 0.3) is 5.91 Å². The molecule has 6 nitrogen and oxygen atoms in total. The molecule has 0 spiro atoms. The molecule has 0 bridgehead atoms. The van der Waals surface area contributed by atoms with Crippen LogP contribution < -0.4 is 5.32 Å². The van der Waals surface area contributed by atoms with Crippen LogP contribution in [0.15, 0.2) is 23.1 Å². The lowest BCUT2D eigenvalue weighted by atomic mass is 10.0. The molecule has 1 amide bonds. The number of nitrogens with one attached hydrogen (secondary N) is 1. The number of rotatable bonds is 9. The Hall–Kier alpha value is -1.44. The number of sulfonamides is 1. The predicted octanol–water partition coefficient (Wildman–Crippen LogP) is 3.02. The Kier molecular flexibility index (Phi) is 8.46. The van der Waals surface area contributed by atoms with Crippen LogP contribution in [0.2, 0.25) is 0 Å². The highest BCUT2D eigenvalue weighted by molar-refractivity contribution is 7.89. The molecule has 1 atom stereocenters. The molecular formula is C21H35N3O3S. The second-order valence-corrected chi connectivity index (χ2v) is 9.49. The van der Waals surface area contributed by atoms with Gasteiger partial charge in [0.2, 0.25) is 10.0 Å². The number of amides is 1. The number of hydrogen-bond acceptors (Lipinski definition) is 4. The number of aryl methyl sites for hydroxylation is 1. The first-order chi connectivity index (χ1) is 13.3. The van der Waals surface area contributed by atoms with E-state index in [2.05, 4.69) is 17.1 Å². The van der Waals surface area contributed by atoms with Gasteiger partial charge in [-0.25, -0.2) is 8.42 Å². The minimum absolute atomic E-state index is 0.175. The molecule has 1 aliphatic rings. The fraction of sp³-hybridized carbons (Fsp3) is 0.667. The second kappa shape index (κ2) is 10.4. The topological polar surface area (TPSA) is 69.7 Å². The Morgan fingerprint density at radius 3 is 2.61 bits per heavy atom. The van der Waals surface area contributed by atoms with Gasteiger partial charge in [0.05, 0.1) is 4.90 Å². The van der Waals surface area contributed by atoms with E-state index >= 15 is 0 Å². The van der Waals surface area contributed by atoms with E-state index in [0.717, 1.165) is 25.1 Å². The first-order valence-corrected chi connectivity index (χ1v) is 11.9. The van der Waals surface area contributed by atoms with Crippen LogP contribution in [0.25, 0.3) is 0 Å².